The summed E-state index contributed by atoms with van der Waals surface area (Å²) in [6, 6.07) is 8.88. The summed E-state index contributed by atoms with van der Waals surface area (Å²) < 4.78 is 41.2. The van der Waals surface area contributed by atoms with Crippen LogP contribution >= 0.6 is 0 Å². The summed E-state index contributed by atoms with van der Waals surface area (Å²) in [5.41, 5.74) is 0.590. The highest BCUT2D eigenvalue weighted by molar-refractivity contribution is 6.10. The van der Waals surface area contributed by atoms with E-state index in [1.807, 2.05) is 32.0 Å². The number of rotatable bonds is 5. The number of para-hydroxylation sites is 1. The molecule has 2 aromatic rings. The molecule has 3 saturated heterocycles. The van der Waals surface area contributed by atoms with E-state index < -0.39 is 35.0 Å². The molecule has 1 spiro atoms. The second-order valence-electron chi connectivity index (χ2n) is 13.6. The molecule has 6 rings (SSSR count). The van der Waals surface area contributed by atoms with Gasteiger partial charge in [0.25, 0.3) is 0 Å². The molecule has 0 bridgehead atoms. The Balaban J connectivity index is 1.31. The molecule has 3 fully saturated rings. The Kier molecular flexibility index (Phi) is 7.86. The number of benzene rings is 1. The van der Waals surface area contributed by atoms with Crippen LogP contribution in [-0.4, -0.2) is 91.4 Å². The third-order valence-corrected chi connectivity index (χ3v) is 10.5. The van der Waals surface area contributed by atoms with Crippen molar-refractivity contribution in [2.24, 2.45) is 16.7 Å². The van der Waals surface area contributed by atoms with Crippen LogP contribution in [-0.2, 0) is 20.6 Å². The fourth-order valence-electron chi connectivity index (χ4n) is 7.97. The van der Waals surface area contributed by atoms with E-state index in [9.17, 15) is 32.8 Å². The monoisotopic (exact) mass is 649 g/mol. The van der Waals surface area contributed by atoms with Crippen LogP contribution in [0.2, 0.25) is 0 Å². The van der Waals surface area contributed by atoms with Crippen molar-refractivity contribution in [2.75, 3.05) is 67.6 Å². The molecular weight excluding hydrogens is 611 g/mol. The first-order chi connectivity index (χ1) is 22.1. The molecule has 0 unspecified atom stereocenters. The van der Waals surface area contributed by atoms with Gasteiger partial charge in [0.1, 0.15) is 11.9 Å². The van der Waals surface area contributed by atoms with E-state index in [1.165, 1.54) is 17.9 Å². The average molecular weight is 650 g/mol. The van der Waals surface area contributed by atoms with Gasteiger partial charge >= 0.3 is 6.18 Å². The lowest BCUT2D eigenvalue weighted by Crippen LogP contribution is -2.64. The van der Waals surface area contributed by atoms with Crippen molar-refractivity contribution < 1.29 is 27.6 Å². The number of amides is 3. The van der Waals surface area contributed by atoms with Gasteiger partial charge in [-0.05, 0) is 50.6 Å². The molecule has 1 aromatic heterocycles. The quantitative estimate of drug-likeness (QED) is 0.455. The lowest BCUT2D eigenvalue weighted by Gasteiger charge is -2.52. The van der Waals surface area contributed by atoms with E-state index >= 15 is 0 Å². The first-order valence-electron chi connectivity index (χ1n) is 15.7. The molecule has 0 aliphatic carbocycles. The summed E-state index contributed by atoms with van der Waals surface area (Å²) in [6.45, 7) is 12.5. The topological polar surface area (TPSA) is 104 Å². The molecule has 0 radical (unpaired) electrons. The van der Waals surface area contributed by atoms with Crippen molar-refractivity contribution in [2.45, 2.75) is 39.4 Å². The molecular formula is C34H38F3N7O3. The van der Waals surface area contributed by atoms with E-state index in [2.05, 4.69) is 27.4 Å². The standard InChI is InChI=1S/C34H38F3N7O3/c1-6-27(45)43-19-33(20-43)18-41(17-32(33,4)16-38)10-11-42-15-23-13-28(46)44(26-14-24(34(35,36)37)12-22(3)39-26)30(23)31(47)40(5)25-9-7-8-21(2)29(25)42/h6-9,12,14,23,30H,1,10-11,13,15,17-20H2,2-5H3/t23-,30+,32-/m1/s1. The Bertz CT molecular complexity index is 1700. The van der Waals surface area contributed by atoms with Crippen LogP contribution in [0.5, 0.6) is 0 Å². The third-order valence-electron chi connectivity index (χ3n) is 10.5. The first kappa shape index (κ1) is 32.5. The fraction of sp³-hybridized carbons (Fsp3) is 0.500. The zero-order valence-corrected chi connectivity index (χ0v) is 27.0. The number of carbonyl (C=O) groups is 3. The number of alkyl halides is 3. The van der Waals surface area contributed by atoms with E-state index in [4.69, 9.17) is 0 Å². The molecule has 13 heteroatoms. The number of anilines is 3. The summed E-state index contributed by atoms with van der Waals surface area (Å²) in [7, 11) is 1.63. The van der Waals surface area contributed by atoms with Crippen molar-refractivity contribution in [1.82, 2.24) is 14.8 Å². The van der Waals surface area contributed by atoms with Crippen LogP contribution in [0.15, 0.2) is 43.0 Å². The number of likely N-dealkylation sites (N-methyl/N-ethyl adjacent to an activating group) is 1. The Morgan fingerprint density at radius 3 is 2.53 bits per heavy atom. The van der Waals surface area contributed by atoms with Gasteiger partial charge in [-0.15, -0.1) is 0 Å². The number of hydrogen-bond acceptors (Lipinski definition) is 7. The summed E-state index contributed by atoms with van der Waals surface area (Å²) >= 11 is 0. The Morgan fingerprint density at radius 1 is 1.15 bits per heavy atom. The van der Waals surface area contributed by atoms with Crippen molar-refractivity contribution in [1.29, 1.82) is 5.26 Å². The number of aryl methyl sites for hydroxylation is 2. The summed E-state index contributed by atoms with van der Waals surface area (Å²) in [6.07, 6.45) is -3.38. The minimum Gasteiger partial charge on any atom is -0.368 e. The van der Waals surface area contributed by atoms with Crippen LogP contribution in [0.4, 0.5) is 30.4 Å². The van der Waals surface area contributed by atoms with Gasteiger partial charge in [-0.1, -0.05) is 18.7 Å². The lowest BCUT2D eigenvalue weighted by atomic mass is 9.63. The Labute approximate surface area is 272 Å². The number of pyridine rings is 1. The highest BCUT2D eigenvalue weighted by Gasteiger charge is 2.62. The number of likely N-dealkylation sites (tertiary alicyclic amines) is 2. The van der Waals surface area contributed by atoms with E-state index in [-0.39, 0.29) is 35.2 Å². The largest absolute Gasteiger partial charge is 0.416 e. The molecule has 10 nitrogen and oxygen atoms in total. The predicted octanol–water partition coefficient (Wildman–Crippen LogP) is 3.78. The fourth-order valence-corrected chi connectivity index (χ4v) is 7.97. The van der Waals surface area contributed by atoms with Crippen molar-refractivity contribution in [3.63, 3.8) is 0 Å². The third kappa shape index (κ3) is 5.32. The molecule has 5 heterocycles. The molecule has 3 atom stereocenters. The Morgan fingerprint density at radius 2 is 1.87 bits per heavy atom. The molecule has 0 saturated carbocycles. The molecule has 3 amide bonds. The van der Waals surface area contributed by atoms with Crippen molar-refractivity contribution >= 4 is 34.9 Å². The number of aromatic nitrogens is 1. The Hall–Kier alpha value is -4.44. The van der Waals surface area contributed by atoms with E-state index in [0.717, 1.165) is 28.3 Å². The van der Waals surface area contributed by atoms with Gasteiger partial charge < -0.3 is 14.7 Å². The second kappa shape index (κ2) is 11.4. The minimum absolute atomic E-state index is 0.0224. The smallest absolute Gasteiger partial charge is 0.368 e. The number of nitrogens with zero attached hydrogens (tertiary/aromatic N) is 7. The van der Waals surface area contributed by atoms with Crippen LogP contribution < -0.4 is 14.7 Å². The molecule has 1 aromatic carbocycles. The summed E-state index contributed by atoms with van der Waals surface area (Å²) in [5, 5.41) is 10.2. The van der Waals surface area contributed by atoms with Gasteiger partial charge in [-0.25, -0.2) is 4.98 Å². The number of halogens is 3. The van der Waals surface area contributed by atoms with Gasteiger partial charge in [0.05, 0.1) is 28.4 Å². The number of fused-ring (bicyclic) bond motifs is 2. The van der Waals surface area contributed by atoms with Gasteiger partial charge in [-0.3, -0.25) is 24.2 Å². The molecule has 0 N–H and O–H groups in total. The SMILES string of the molecule is C=CC(=O)N1CC2(CN(CCN3C[C@H]4CC(=O)N(c5cc(C(F)(F)F)cc(C)n5)[C@@H]4C(=O)N(C)c4cccc(C)c43)C[C@@]2(C)C#N)C1. The van der Waals surface area contributed by atoms with Gasteiger partial charge in [0.2, 0.25) is 17.7 Å². The minimum atomic E-state index is -4.64. The van der Waals surface area contributed by atoms with Crippen LogP contribution in [0, 0.1) is 41.9 Å². The van der Waals surface area contributed by atoms with Crippen LogP contribution in [0.3, 0.4) is 0 Å². The zero-order valence-electron chi connectivity index (χ0n) is 27.0. The summed E-state index contributed by atoms with van der Waals surface area (Å²) in [4.78, 5) is 52.9. The van der Waals surface area contributed by atoms with Crippen LogP contribution in [0.1, 0.15) is 30.2 Å². The van der Waals surface area contributed by atoms with Crippen LogP contribution in [0.25, 0.3) is 0 Å². The van der Waals surface area contributed by atoms with Gasteiger partial charge in [-0.2, -0.15) is 18.4 Å². The number of hydrogen-bond donors (Lipinski definition) is 0. The van der Waals surface area contributed by atoms with E-state index in [1.54, 1.807) is 11.9 Å². The number of carbonyl (C=O) groups excluding carboxylic acids is 3. The summed E-state index contributed by atoms with van der Waals surface area (Å²) in [5.74, 6) is -1.69. The van der Waals surface area contributed by atoms with Crippen molar-refractivity contribution in [3.8, 4) is 6.07 Å². The normalized spacial score (nSPS) is 25.7. The maximum absolute atomic E-state index is 14.1. The zero-order chi connectivity index (χ0) is 34.1. The first-order valence-corrected chi connectivity index (χ1v) is 15.7. The maximum atomic E-state index is 14.1. The lowest BCUT2D eigenvalue weighted by molar-refractivity contribution is -0.141. The van der Waals surface area contributed by atoms with Crippen molar-refractivity contribution in [3.05, 3.63) is 59.8 Å². The molecule has 4 aliphatic heterocycles. The van der Waals surface area contributed by atoms with Gasteiger partial charge in [0, 0.05) is 76.3 Å². The molecule has 248 valence electrons. The predicted molar refractivity (Wildman–Crippen MR) is 170 cm³/mol. The maximum Gasteiger partial charge on any atom is 0.416 e. The van der Waals surface area contributed by atoms with Gasteiger partial charge in [0.15, 0.2) is 0 Å². The van der Waals surface area contributed by atoms with E-state index in [0.29, 0.717) is 51.5 Å². The average Bonchev–Trinajstić information content (AvgIpc) is 3.49. The molecule has 4 aliphatic rings. The highest BCUT2D eigenvalue weighted by Crippen LogP contribution is 2.52. The second-order valence-corrected chi connectivity index (χ2v) is 13.6. The molecule has 47 heavy (non-hydrogen) atoms. The highest BCUT2D eigenvalue weighted by atomic mass is 19.4. The number of nitriles is 1.